The fraction of sp³-hybridized carbons (Fsp3) is 0.308. The number of aryl methyl sites for hydroxylation is 1. The molecule has 2 atom stereocenters. The second-order valence-electron chi connectivity index (χ2n) is 9.10. The van der Waals surface area contributed by atoms with E-state index in [1.165, 1.54) is 28.6 Å². The Balaban J connectivity index is 1.30. The molecule has 1 aromatic carbocycles. The second-order valence-corrected chi connectivity index (χ2v) is 9.10. The molecule has 0 saturated carbocycles. The first-order valence-electron chi connectivity index (χ1n) is 11.1. The van der Waals surface area contributed by atoms with Crippen LogP contribution in [0.25, 0.3) is 22.0 Å². The van der Waals surface area contributed by atoms with E-state index in [9.17, 15) is 4.79 Å². The molecule has 1 saturated heterocycles. The number of piperidine rings is 1. The second kappa shape index (κ2) is 7.20. The van der Waals surface area contributed by atoms with Gasteiger partial charge in [-0.2, -0.15) is 0 Å². The highest BCUT2D eigenvalue weighted by Crippen LogP contribution is 2.36. The van der Waals surface area contributed by atoms with E-state index in [-0.39, 0.29) is 5.56 Å². The lowest BCUT2D eigenvalue weighted by Crippen LogP contribution is -2.46. The molecule has 0 N–H and O–H groups in total. The van der Waals surface area contributed by atoms with Crippen molar-refractivity contribution in [2.45, 2.75) is 25.4 Å². The van der Waals surface area contributed by atoms with Crippen LogP contribution in [0.5, 0.6) is 0 Å². The molecular weight excluding hydrogens is 384 g/mol. The lowest BCUT2D eigenvalue weighted by molar-refractivity contribution is 0.115. The zero-order chi connectivity index (χ0) is 20.9. The number of nitrogens with zero attached hydrogens (tertiary/aromatic N) is 4. The van der Waals surface area contributed by atoms with Crippen LogP contribution in [0.2, 0.25) is 0 Å². The summed E-state index contributed by atoms with van der Waals surface area (Å²) in [4.78, 5) is 20.1. The molecule has 5 heteroatoms. The molecule has 31 heavy (non-hydrogen) atoms. The smallest absolute Gasteiger partial charge is 0.258 e. The zero-order valence-electron chi connectivity index (χ0n) is 17.7. The molecule has 0 radical (unpaired) electrons. The fourth-order valence-corrected chi connectivity index (χ4v) is 5.71. The lowest BCUT2D eigenvalue weighted by atomic mass is 9.82. The highest BCUT2D eigenvalue weighted by molar-refractivity contribution is 5.83. The van der Waals surface area contributed by atoms with Crippen molar-refractivity contribution in [1.29, 1.82) is 0 Å². The van der Waals surface area contributed by atoms with Gasteiger partial charge in [-0.05, 0) is 42.2 Å². The van der Waals surface area contributed by atoms with Crippen LogP contribution in [0.1, 0.15) is 23.6 Å². The Labute approximate surface area is 181 Å². The Morgan fingerprint density at radius 1 is 1.03 bits per heavy atom. The third-order valence-electron chi connectivity index (χ3n) is 7.03. The number of pyridine rings is 2. The Bertz CT molecular complexity index is 1320. The van der Waals surface area contributed by atoms with Gasteiger partial charge < -0.3 is 9.13 Å². The predicted octanol–water partition coefficient (Wildman–Crippen LogP) is 4.02. The van der Waals surface area contributed by atoms with Gasteiger partial charge in [-0.15, -0.1) is 0 Å². The van der Waals surface area contributed by atoms with Gasteiger partial charge in [0.05, 0.1) is 0 Å². The SMILES string of the molecule is Cn1cc(CN2C[C@H]3C[C@H](C2)c2ccc(-c4cccnc4)c(=O)n2C3)c2ccccc21. The lowest BCUT2D eigenvalue weighted by Gasteiger charge is -2.43. The summed E-state index contributed by atoms with van der Waals surface area (Å²) in [5.74, 6) is 0.932. The third-order valence-corrected chi connectivity index (χ3v) is 7.03. The van der Waals surface area contributed by atoms with Crippen LogP contribution in [0.3, 0.4) is 0 Å². The molecule has 2 aliphatic rings. The van der Waals surface area contributed by atoms with Crippen molar-refractivity contribution in [1.82, 2.24) is 19.0 Å². The van der Waals surface area contributed by atoms with Crippen LogP contribution in [0, 0.1) is 5.92 Å². The standard InChI is InChI=1S/C26H26N4O/c1-28-15-21(22-6-2-3-7-25(22)28)17-29-13-18-11-20(16-29)24-9-8-23(26(31)30(24)14-18)19-5-4-10-27-12-19/h2-10,12,15,18,20H,11,13-14,16-17H2,1H3/t18-,20-/m1/s1. The molecule has 0 spiro atoms. The molecule has 156 valence electrons. The minimum Gasteiger partial charge on any atom is -0.350 e. The van der Waals surface area contributed by atoms with Gasteiger partial charge in [-0.1, -0.05) is 24.3 Å². The van der Waals surface area contributed by atoms with Gasteiger partial charge in [0.1, 0.15) is 0 Å². The Morgan fingerprint density at radius 3 is 2.81 bits per heavy atom. The van der Waals surface area contributed by atoms with E-state index < -0.39 is 0 Å². The highest BCUT2D eigenvalue weighted by Gasteiger charge is 2.35. The molecule has 6 rings (SSSR count). The van der Waals surface area contributed by atoms with Crippen molar-refractivity contribution in [3.63, 3.8) is 0 Å². The molecule has 4 aromatic rings. The number of hydrogen-bond donors (Lipinski definition) is 0. The maximum Gasteiger partial charge on any atom is 0.258 e. The van der Waals surface area contributed by atoms with E-state index in [1.54, 1.807) is 12.4 Å². The van der Waals surface area contributed by atoms with Crippen LogP contribution in [-0.4, -0.2) is 32.1 Å². The van der Waals surface area contributed by atoms with Gasteiger partial charge in [0.2, 0.25) is 0 Å². The summed E-state index contributed by atoms with van der Waals surface area (Å²) in [6.07, 6.45) is 6.97. The molecule has 0 amide bonds. The number of aromatic nitrogens is 3. The summed E-state index contributed by atoms with van der Waals surface area (Å²) in [6, 6.07) is 16.7. The third kappa shape index (κ3) is 3.12. The molecule has 5 nitrogen and oxygen atoms in total. The van der Waals surface area contributed by atoms with Crippen molar-refractivity contribution in [3.05, 3.63) is 88.7 Å². The number of fused-ring (bicyclic) bond motifs is 5. The molecule has 0 unspecified atom stereocenters. The first-order chi connectivity index (χ1) is 15.2. The first-order valence-corrected chi connectivity index (χ1v) is 11.1. The van der Waals surface area contributed by atoms with Crippen LogP contribution < -0.4 is 5.56 Å². The minimum absolute atomic E-state index is 0.128. The van der Waals surface area contributed by atoms with Crippen LogP contribution in [-0.2, 0) is 20.1 Å². The topological polar surface area (TPSA) is 43.1 Å². The van der Waals surface area contributed by atoms with E-state index in [2.05, 4.69) is 58.0 Å². The van der Waals surface area contributed by atoms with E-state index in [1.807, 2.05) is 22.8 Å². The zero-order valence-corrected chi connectivity index (χ0v) is 17.7. The largest absolute Gasteiger partial charge is 0.350 e. The highest BCUT2D eigenvalue weighted by atomic mass is 16.1. The van der Waals surface area contributed by atoms with Crippen molar-refractivity contribution >= 4 is 10.9 Å². The van der Waals surface area contributed by atoms with E-state index in [0.717, 1.165) is 37.3 Å². The van der Waals surface area contributed by atoms with Crippen LogP contribution >= 0.6 is 0 Å². The molecule has 1 fully saturated rings. The summed E-state index contributed by atoms with van der Waals surface area (Å²) in [6.45, 7) is 3.82. The van der Waals surface area contributed by atoms with E-state index in [0.29, 0.717) is 11.8 Å². The average Bonchev–Trinajstić information content (AvgIpc) is 3.10. The Kier molecular flexibility index (Phi) is 4.32. The number of para-hydroxylation sites is 1. The Morgan fingerprint density at radius 2 is 1.94 bits per heavy atom. The van der Waals surface area contributed by atoms with Gasteiger partial charge in [-0.3, -0.25) is 14.7 Å². The van der Waals surface area contributed by atoms with Crippen molar-refractivity contribution < 1.29 is 0 Å². The van der Waals surface area contributed by atoms with Gasteiger partial charge in [-0.25, -0.2) is 0 Å². The molecule has 2 bridgehead atoms. The number of likely N-dealkylation sites (tertiary alicyclic amines) is 1. The van der Waals surface area contributed by atoms with Crippen molar-refractivity contribution in [2.24, 2.45) is 13.0 Å². The van der Waals surface area contributed by atoms with Crippen molar-refractivity contribution in [3.8, 4) is 11.1 Å². The van der Waals surface area contributed by atoms with E-state index in [4.69, 9.17) is 0 Å². The Hall–Kier alpha value is -3.18. The van der Waals surface area contributed by atoms with E-state index >= 15 is 0 Å². The number of benzene rings is 1. The molecule has 5 heterocycles. The number of rotatable bonds is 3. The molecule has 3 aromatic heterocycles. The maximum absolute atomic E-state index is 13.3. The molecule has 2 aliphatic heterocycles. The predicted molar refractivity (Wildman–Crippen MR) is 123 cm³/mol. The minimum atomic E-state index is 0.128. The molecular formula is C26H26N4O. The average molecular weight is 411 g/mol. The summed E-state index contributed by atoms with van der Waals surface area (Å²) < 4.78 is 4.26. The number of hydrogen-bond acceptors (Lipinski definition) is 3. The van der Waals surface area contributed by atoms with Crippen LogP contribution in [0.15, 0.2) is 71.9 Å². The van der Waals surface area contributed by atoms with Gasteiger partial charge in [0.25, 0.3) is 5.56 Å². The van der Waals surface area contributed by atoms with Crippen LogP contribution in [0.4, 0.5) is 0 Å². The van der Waals surface area contributed by atoms with Gasteiger partial charge in [0, 0.05) is 85.5 Å². The summed E-state index contributed by atoms with van der Waals surface area (Å²) in [5.41, 5.74) is 5.65. The maximum atomic E-state index is 13.3. The summed E-state index contributed by atoms with van der Waals surface area (Å²) in [5, 5.41) is 1.35. The van der Waals surface area contributed by atoms with Gasteiger partial charge >= 0.3 is 0 Å². The van der Waals surface area contributed by atoms with Crippen molar-refractivity contribution in [2.75, 3.05) is 13.1 Å². The molecule has 0 aliphatic carbocycles. The quantitative estimate of drug-likeness (QED) is 0.512. The fourth-order valence-electron chi connectivity index (χ4n) is 5.71. The first kappa shape index (κ1) is 18.6. The summed E-state index contributed by atoms with van der Waals surface area (Å²) >= 11 is 0. The normalized spacial score (nSPS) is 20.7. The monoisotopic (exact) mass is 410 g/mol. The van der Waals surface area contributed by atoms with Gasteiger partial charge in [0.15, 0.2) is 0 Å². The summed E-state index contributed by atoms with van der Waals surface area (Å²) in [7, 11) is 2.12.